The van der Waals surface area contributed by atoms with Crippen molar-refractivity contribution >= 4 is 20.8 Å². The van der Waals surface area contributed by atoms with E-state index in [9.17, 15) is 24.6 Å². The first-order chi connectivity index (χ1) is 8.87. The van der Waals surface area contributed by atoms with E-state index in [1.165, 1.54) is 43.4 Å². The van der Waals surface area contributed by atoms with Gasteiger partial charge in [0.15, 0.2) is 0 Å². The van der Waals surface area contributed by atoms with Crippen LogP contribution in [0.25, 0.3) is 0 Å². The Morgan fingerprint density at radius 3 is 2.00 bits per heavy atom. The highest BCUT2D eigenvalue weighted by molar-refractivity contribution is 7.99. The average Bonchev–Trinajstić information content (AvgIpc) is 2.11. The van der Waals surface area contributed by atoms with Crippen molar-refractivity contribution < 1.29 is 29.1 Å². The lowest BCUT2D eigenvalue weighted by atomic mass is 9.98. The van der Waals surface area contributed by atoms with Crippen LogP contribution in [-0.4, -0.2) is 48.0 Å². The lowest BCUT2D eigenvalue weighted by Gasteiger charge is -2.40. The second-order valence-corrected chi connectivity index (χ2v) is 7.87. The summed E-state index contributed by atoms with van der Waals surface area (Å²) in [6.07, 6.45) is 4.23. The first-order valence-electron chi connectivity index (χ1n) is 6.38. The zero-order chi connectivity index (χ0) is 16.0. The highest BCUT2D eigenvalue weighted by atomic mass is 32.3. The van der Waals surface area contributed by atoms with Crippen molar-refractivity contribution in [2.24, 2.45) is 5.92 Å². The van der Waals surface area contributed by atoms with Crippen molar-refractivity contribution in [3.05, 3.63) is 0 Å². The van der Waals surface area contributed by atoms with Crippen LogP contribution in [0.15, 0.2) is 0 Å². The summed E-state index contributed by atoms with van der Waals surface area (Å²) in [6, 6.07) is 0. The fourth-order valence-electron chi connectivity index (χ4n) is 2.62. The van der Waals surface area contributed by atoms with E-state index in [0.717, 1.165) is 5.92 Å². The molecular formula is C10H23F2N2O4S2+. The fraction of sp³-hybridized carbons (Fsp3) is 1.00. The zero-order valence-electron chi connectivity index (χ0n) is 12.0. The lowest BCUT2D eigenvalue weighted by Crippen LogP contribution is -2.50. The van der Waals surface area contributed by atoms with E-state index in [1.807, 2.05) is 0 Å². The van der Waals surface area contributed by atoms with Crippen molar-refractivity contribution in [2.75, 3.05) is 26.7 Å². The number of halogens is 2. The molecule has 1 N–H and O–H groups in total. The van der Waals surface area contributed by atoms with Gasteiger partial charge in [0.25, 0.3) is 0 Å². The number of nitrogens with zero attached hydrogens (tertiary/aromatic N) is 1. The van der Waals surface area contributed by atoms with Gasteiger partial charge in [0.05, 0.1) is 26.7 Å². The topological polar surface area (TPSA) is 80.3 Å². The van der Waals surface area contributed by atoms with E-state index < -0.39 is 20.8 Å². The molecule has 1 rings (SSSR count). The minimum Gasteiger partial charge on any atom is -0.326 e. The third-order valence-electron chi connectivity index (χ3n) is 3.11. The van der Waals surface area contributed by atoms with Gasteiger partial charge in [-0.3, -0.25) is 0 Å². The summed E-state index contributed by atoms with van der Waals surface area (Å²) < 4.78 is 60.7. The van der Waals surface area contributed by atoms with Crippen LogP contribution in [0.3, 0.4) is 0 Å². The Bertz CT molecular complexity index is 461. The smallest absolute Gasteiger partial charge is 0.326 e. The van der Waals surface area contributed by atoms with Gasteiger partial charge in [0.1, 0.15) is 0 Å². The quantitative estimate of drug-likeness (QED) is 0.619. The molecular weight excluding hydrogens is 314 g/mol. The minimum absolute atomic E-state index is 0.0694. The third kappa shape index (κ3) is 10.5. The predicted octanol–water partition coefficient (Wildman–Crippen LogP) is 1.28. The molecule has 6 nitrogen and oxygen atoms in total. The molecule has 1 aliphatic rings. The molecule has 0 saturated carbocycles. The maximum Gasteiger partial charge on any atom is 0.387 e. The fourth-order valence-corrected chi connectivity index (χ4v) is 3.57. The Morgan fingerprint density at radius 1 is 1.20 bits per heavy atom. The molecule has 0 aromatic rings. The van der Waals surface area contributed by atoms with Crippen LogP contribution in [0.5, 0.6) is 0 Å². The molecule has 0 spiro atoms. The van der Waals surface area contributed by atoms with Crippen LogP contribution < -0.4 is 4.13 Å². The van der Waals surface area contributed by atoms with E-state index in [-0.39, 0.29) is 4.13 Å². The van der Waals surface area contributed by atoms with Crippen LogP contribution in [-0.2, 0) is 20.8 Å². The number of likely N-dealkylation sites (tertiary alicyclic amines) is 1. The van der Waals surface area contributed by atoms with Crippen LogP contribution in [0.2, 0.25) is 0 Å². The Labute approximate surface area is 120 Å². The SMILES string of the molecule is CCC[N+]1(C)CCCC(C)C1.O=S(=O)(F)NS(=O)(=O)F. The van der Waals surface area contributed by atoms with Gasteiger partial charge < -0.3 is 4.48 Å². The standard InChI is InChI=1S/C10H22N.F2HNO4S2/c1-4-7-11(3)8-5-6-10(2)9-11;1-8(4,5)3-9(2,6)7/h10H,4-9H2,1-3H3;3H/q+1;. The van der Waals surface area contributed by atoms with Gasteiger partial charge in [-0.2, -0.15) is 16.8 Å². The Kier molecular flexibility index (Phi) is 7.50. The van der Waals surface area contributed by atoms with Gasteiger partial charge in [-0.05, 0) is 19.3 Å². The van der Waals surface area contributed by atoms with Gasteiger partial charge in [0, 0.05) is 5.92 Å². The van der Waals surface area contributed by atoms with E-state index in [1.54, 1.807) is 0 Å². The number of nitrogens with one attached hydrogen (secondary N) is 1. The molecule has 0 aliphatic carbocycles. The van der Waals surface area contributed by atoms with Gasteiger partial charge in [0.2, 0.25) is 0 Å². The van der Waals surface area contributed by atoms with Crippen LogP contribution in [0.4, 0.5) is 7.77 Å². The van der Waals surface area contributed by atoms with Gasteiger partial charge in [-0.25, -0.2) is 0 Å². The molecule has 0 bridgehead atoms. The highest BCUT2D eigenvalue weighted by Gasteiger charge is 2.27. The van der Waals surface area contributed by atoms with Crippen LogP contribution in [0, 0.1) is 5.92 Å². The molecule has 10 heteroatoms. The van der Waals surface area contributed by atoms with E-state index in [4.69, 9.17) is 0 Å². The lowest BCUT2D eigenvalue weighted by molar-refractivity contribution is -0.917. The van der Waals surface area contributed by atoms with Crippen molar-refractivity contribution in [3.8, 4) is 0 Å². The number of hydrogen-bond acceptors (Lipinski definition) is 4. The largest absolute Gasteiger partial charge is 0.387 e. The van der Waals surface area contributed by atoms with Crippen molar-refractivity contribution in [1.82, 2.24) is 4.13 Å². The van der Waals surface area contributed by atoms with Gasteiger partial charge in [-0.1, -0.05) is 25.7 Å². The van der Waals surface area contributed by atoms with Gasteiger partial charge >= 0.3 is 20.8 Å². The summed E-state index contributed by atoms with van der Waals surface area (Å²) in [7, 11) is -8.57. The minimum atomic E-state index is -5.49. The normalized spacial score (nSPS) is 27.6. The molecule has 0 aromatic heterocycles. The van der Waals surface area contributed by atoms with Crippen molar-refractivity contribution in [2.45, 2.75) is 33.1 Å². The molecule has 1 fully saturated rings. The Balaban J connectivity index is 0.000000370. The summed E-state index contributed by atoms with van der Waals surface area (Å²) in [6.45, 7) is 8.89. The molecule has 122 valence electrons. The monoisotopic (exact) mass is 337 g/mol. The zero-order valence-corrected chi connectivity index (χ0v) is 13.6. The molecule has 1 heterocycles. The average molecular weight is 337 g/mol. The molecule has 2 unspecified atom stereocenters. The predicted molar refractivity (Wildman–Crippen MR) is 72.7 cm³/mol. The number of hydrogen-bond donors (Lipinski definition) is 1. The number of rotatable bonds is 4. The van der Waals surface area contributed by atoms with E-state index >= 15 is 0 Å². The Morgan fingerprint density at radius 2 is 1.70 bits per heavy atom. The van der Waals surface area contributed by atoms with Crippen LogP contribution in [0.1, 0.15) is 33.1 Å². The molecule has 0 radical (unpaired) electrons. The summed E-state index contributed by atoms with van der Waals surface area (Å²) in [5.41, 5.74) is 0. The maximum absolute atomic E-state index is 11.1. The molecule has 20 heavy (non-hydrogen) atoms. The first-order valence-corrected chi connectivity index (χ1v) is 9.15. The molecule has 0 aromatic carbocycles. The van der Waals surface area contributed by atoms with E-state index in [0.29, 0.717) is 0 Å². The maximum atomic E-state index is 11.1. The summed E-state index contributed by atoms with van der Waals surface area (Å²) >= 11 is 0. The van der Waals surface area contributed by atoms with E-state index in [2.05, 4.69) is 20.9 Å². The van der Waals surface area contributed by atoms with Crippen molar-refractivity contribution in [1.29, 1.82) is 0 Å². The van der Waals surface area contributed by atoms with Crippen molar-refractivity contribution in [3.63, 3.8) is 0 Å². The summed E-state index contributed by atoms with van der Waals surface area (Å²) in [5, 5.41) is 0. The molecule has 1 aliphatic heterocycles. The van der Waals surface area contributed by atoms with Gasteiger partial charge in [-0.15, -0.1) is 0 Å². The van der Waals surface area contributed by atoms with Crippen LogP contribution >= 0.6 is 0 Å². The number of quaternary nitrogens is 1. The summed E-state index contributed by atoms with van der Waals surface area (Å²) in [5.74, 6) is 0.959. The first kappa shape index (κ1) is 19.7. The molecule has 1 saturated heterocycles. The summed E-state index contributed by atoms with van der Waals surface area (Å²) in [4.78, 5) is 0. The molecule has 2 atom stereocenters. The third-order valence-corrected chi connectivity index (χ3v) is 4.70. The number of piperidine rings is 1. The highest BCUT2D eigenvalue weighted by Crippen LogP contribution is 2.21. The second kappa shape index (κ2) is 7.62. The second-order valence-electron chi connectivity index (χ2n) is 5.46. The molecule has 0 amide bonds. The Hall–Kier alpha value is -0.320.